The van der Waals surface area contributed by atoms with Crippen molar-refractivity contribution in [3.63, 3.8) is 0 Å². The van der Waals surface area contributed by atoms with E-state index in [0.29, 0.717) is 11.8 Å². The summed E-state index contributed by atoms with van der Waals surface area (Å²) in [5.41, 5.74) is 18.4. The zero-order chi connectivity index (χ0) is 37.0. The molecule has 7 aromatic rings. The Balaban J connectivity index is 1.04. The largest absolute Gasteiger partial charge is 0.311 e. The number of fused-ring (bicyclic) bond motifs is 1. The van der Waals surface area contributed by atoms with Crippen LogP contribution >= 0.6 is 0 Å². The molecule has 3 unspecified atom stereocenters. The predicted molar refractivity (Wildman–Crippen MR) is 230 cm³/mol. The molecule has 0 N–H and O–H groups in total. The van der Waals surface area contributed by atoms with Crippen LogP contribution in [0.1, 0.15) is 94.5 Å². The molecule has 268 valence electrons. The van der Waals surface area contributed by atoms with Crippen molar-refractivity contribution in [1.29, 1.82) is 0 Å². The third-order valence-electron chi connectivity index (χ3n) is 11.8. The van der Waals surface area contributed by atoms with Gasteiger partial charge in [0, 0.05) is 23.0 Å². The van der Waals surface area contributed by atoms with Gasteiger partial charge in [0.1, 0.15) is 0 Å². The van der Waals surface area contributed by atoms with Crippen LogP contribution in [-0.4, -0.2) is 0 Å². The van der Waals surface area contributed by atoms with E-state index in [-0.39, 0.29) is 5.92 Å². The summed E-state index contributed by atoms with van der Waals surface area (Å²) in [4.78, 5) is 2.32. The Labute approximate surface area is 323 Å². The van der Waals surface area contributed by atoms with Gasteiger partial charge in [0.05, 0.1) is 0 Å². The number of hydrogen-bond donors (Lipinski definition) is 0. The zero-order valence-corrected chi connectivity index (χ0v) is 32.2. The second kappa shape index (κ2) is 15.7. The molecule has 1 nitrogen and oxygen atoms in total. The number of rotatable bonds is 12. The highest BCUT2D eigenvalue weighted by atomic mass is 15.1. The quantitative estimate of drug-likeness (QED) is 0.115. The Morgan fingerprint density at radius 2 is 0.907 bits per heavy atom. The van der Waals surface area contributed by atoms with Gasteiger partial charge < -0.3 is 4.90 Å². The fourth-order valence-electron chi connectivity index (χ4n) is 8.31. The normalized spacial score (nSPS) is 13.7. The average Bonchev–Trinajstić information content (AvgIpc) is 3.20. The lowest BCUT2D eigenvalue weighted by Gasteiger charge is -2.26. The fourth-order valence-corrected chi connectivity index (χ4v) is 8.31. The van der Waals surface area contributed by atoms with Crippen molar-refractivity contribution >= 4 is 17.1 Å². The maximum absolute atomic E-state index is 2.47. The molecule has 0 bridgehead atoms. The first-order chi connectivity index (χ1) is 26.4. The van der Waals surface area contributed by atoms with Crippen LogP contribution in [0.4, 0.5) is 17.1 Å². The van der Waals surface area contributed by atoms with E-state index < -0.39 is 0 Å². The van der Waals surface area contributed by atoms with Crippen molar-refractivity contribution in [2.45, 2.75) is 71.1 Å². The predicted octanol–water partition coefficient (Wildman–Crippen LogP) is 14.4. The summed E-state index contributed by atoms with van der Waals surface area (Å²) in [6.07, 6.45) is 4.82. The Kier molecular flexibility index (Phi) is 10.3. The summed E-state index contributed by atoms with van der Waals surface area (Å²) in [5.74, 6) is 1.25. The second-order valence-corrected chi connectivity index (χ2v) is 15.5. The lowest BCUT2D eigenvalue weighted by atomic mass is 9.80. The van der Waals surface area contributed by atoms with Gasteiger partial charge >= 0.3 is 0 Å². The molecule has 0 radical (unpaired) electrons. The highest BCUT2D eigenvalue weighted by molar-refractivity contribution is 5.78. The summed E-state index contributed by atoms with van der Waals surface area (Å²) in [7, 11) is 0. The van der Waals surface area contributed by atoms with Crippen LogP contribution in [-0.2, 0) is 12.8 Å². The molecule has 0 fully saturated rings. The van der Waals surface area contributed by atoms with Gasteiger partial charge in [0.15, 0.2) is 0 Å². The van der Waals surface area contributed by atoms with Crippen molar-refractivity contribution in [3.8, 4) is 11.1 Å². The van der Waals surface area contributed by atoms with Gasteiger partial charge in [-0.25, -0.2) is 0 Å². The fraction of sp³-hybridized carbons (Fsp3) is 0.208. The number of nitrogens with zero attached hydrogens (tertiary/aromatic N) is 1. The topological polar surface area (TPSA) is 3.24 Å². The number of hydrogen-bond acceptors (Lipinski definition) is 1. The second-order valence-electron chi connectivity index (χ2n) is 15.5. The van der Waals surface area contributed by atoms with Crippen LogP contribution in [0.5, 0.6) is 0 Å². The van der Waals surface area contributed by atoms with E-state index in [9.17, 15) is 0 Å². The van der Waals surface area contributed by atoms with Crippen LogP contribution in [0.25, 0.3) is 11.1 Å². The van der Waals surface area contributed by atoms with Crippen molar-refractivity contribution in [2.24, 2.45) is 0 Å². The number of benzene rings is 7. The smallest absolute Gasteiger partial charge is 0.0462 e. The first kappa shape index (κ1) is 35.4. The summed E-state index contributed by atoms with van der Waals surface area (Å²) in [5, 5.41) is 0. The van der Waals surface area contributed by atoms with E-state index in [1.807, 2.05) is 0 Å². The first-order valence-corrected chi connectivity index (χ1v) is 19.8. The van der Waals surface area contributed by atoms with Crippen molar-refractivity contribution in [2.75, 3.05) is 4.90 Å². The van der Waals surface area contributed by atoms with E-state index in [1.165, 1.54) is 69.3 Å². The van der Waals surface area contributed by atoms with Crippen LogP contribution in [0.3, 0.4) is 0 Å². The molecule has 0 heterocycles. The molecular weight excluding hydrogens is 651 g/mol. The van der Waals surface area contributed by atoms with Crippen molar-refractivity contribution < 1.29 is 0 Å². The summed E-state index contributed by atoms with van der Waals surface area (Å²) < 4.78 is 0. The van der Waals surface area contributed by atoms with Crippen LogP contribution in [0, 0.1) is 13.8 Å². The molecule has 1 aliphatic rings. The van der Waals surface area contributed by atoms with Gasteiger partial charge in [-0.2, -0.15) is 0 Å². The maximum atomic E-state index is 2.47. The lowest BCUT2D eigenvalue weighted by Crippen LogP contribution is -2.10. The summed E-state index contributed by atoms with van der Waals surface area (Å²) in [6, 6.07) is 63.5. The number of aryl methyl sites for hydroxylation is 4. The maximum Gasteiger partial charge on any atom is 0.0462 e. The zero-order valence-electron chi connectivity index (χ0n) is 32.2. The molecule has 0 saturated heterocycles. The molecular formula is C53H51N. The molecule has 1 heteroatoms. The molecule has 1 aliphatic carbocycles. The van der Waals surface area contributed by atoms with E-state index in [2.05, 4.69) is 202 Å². The Bertz CT molecular complexity index is 2280. The standard InChI is InChI=1S/C53H51N/c1-5-40(35-39(4)48-27-21-44-22-28-49(44)36-48)41-17-23-46(24-18-41)53(45-15-11-37(2)12-16-45)47-25-19-42(20-26-47)43-29-33-52(34-30-43)54(50-9-7-6-8-10-50)51-31-13-38(3)14-32-51/h6-21,23-27,29-34,36,39-40,53H,5,22,28,35H2,1-4H3. The van der Waals surface area contributed by atoms with Crippen LogP contribution in [0.15, 0.2) is 170 Å². The summed E-state index contributed by atoms with van der Waals surface area (Å²) in [6.45, 7) is 9.06. The van der Waals surface area contributed by atoms with Crippen LogP contribution < -0.4 is 4.90 Å². The highest BCUT2D eigenvalue weighted by Crippen LogP contribution is 2.39. The molecule has 3 atom stereocenters. The number of anilines is 3. The molecule has 0 amide bonds. The van der Waals surface area contributed by atoms with Gasteiger partial charge in [-0.3, -0.25) is 0 Å². The van der Waals surface area contributed by atoms with E-state index in [1.54, 1.807) is 11.1 Å². The Morgan fingerprint density at radius 1 is 0.463 bits per heavy atom. The SMILES string of the molecule is CCC(CC(C)c1ccc2c(c1)CC2)c1ccc(C(c2ccc(C)cc2)c2ccc(-c3ccc(N(c4ccccc4)c4ccc(C)cc4)cc3)cc2)cc1. The van der Waals surface area contributed by atoms with E-state index >= 15 is 0 Å². The summed E-state index contributed by atoms with van der Waals surface area (Å²) >= 11 is 0. The van der Waals surface area contributed by atoms with Gasteiger partial charge in [0.2, 0.25) is 0 Å². The lowest BCUT2D eigenvalue weighted by molar-refractivity contribution is 0.543. The van der Waals surface area contributed by atoms with E-state index in [4.69, 9.17) is 0 Å². The first-order valence-electron chi connectivity index (χ1n) is 19.8. The van der Waals surface area contributed by atoms with Gasteiger partial charge in [-0.05, 0) is 138 Å². The third-order valence-corrected chi connectivity index (χ3v) is 11.8. The molecule has 0 aromatic heterocycles. The van der Waals surface area contributed by atoms with Crippen molar-refractivity contribution in [3.05, 3.63) is 220 Å². The minimum atomic E-state index is 0.159. The molecule has 0 aliphatic heterocycles. The van der Waals surface area contributed by atoms with E-state index in [0.717, 1.165) is 23.5 Å². The monoisotopic (exact) mass is 701 g/mol. The van der Waals surface area contributed by atoms with Gasteiger partial charge in [0.25, 0.3) is 0 Å². The molecule has 0 saturated carbocycles. The molecule has 8 rings (SSSR count). The van der Waals surface area contributed by atoms with Gasteiger partial charge in [-0.1, -0.05) is 158 Å². The molecule has 54 heavy (non-hydrogen) atoms. The van der Waals surface area contributed by atoms with Crippen LogP contribution in [0.2, 0.25) is 0 Å². The Hall–Kier alpha value is -5.66. The Morgan fingerprint density at radius 3 is 1.44 bits per heavy atom. The molecule has 0 spiro atoms. The highest BCUT2D eigenvalue weighted by Gasteiger charge is 2.21. The minimum Gasteiger partial charge on any atom is -0.311 e. The third kappa shape index (κ3) is 7.55. The molecule has 7 aromatic carbocycles. The van der Waals surface area contributed by atoms with Gasteiger partial charge in [-0.15, -0.1) is 0 Å². The minimum absolute atomic E-state index is 0.159. The van der Waals surface area contributed by atoms with Crippen molar-refractivity contribution in [1.82, 2.24) is 0 Å². The average molecular weight is 702 g/mol. The number of para-hydroxylation sites is 1.